The molecule has 0 N–H and O–H groups in total. The Morgan fingerprint density at radius 3 is 1.78 bits per heavy atom. The Bertz CT molecular complexity index is 470. The first kappa shape index (κ1) is 21.3. The Balaban J connectivity index is 5.71. The quantitative estimate of drug-likeness (QED) is 0.279. The van der Waals surface area contributed by atoms with Gasteiger partial charge in [-0.3, -0.25) is 19.2 Å². The van der Waals surface area contributed by atoms with Gasteiger partial charge in [-0.05, 0) is 30.9 Å². The second-order valence-corrected chi connectivity index (χ2v) is 5.73. The van der Waals surface area contributed by atoms with Crippen LogP contribution in [-0.4, -0.2) is 55.3 Å². The molecule has 0 aliphatic carbocycles. The SMILES string of the molecule is CCOC(=S)SC(=O)C(CC(=O)OC)(CC(=O)OC)C(=O)OC. The number of carbonyl (C=O) groups excluding carboxylic acids is 4. The lowest BCUT2D eigenvalue weighted by atomic mass is 9.82. The van der Waals surface area contributed by atoms with E-state index in [-0.39, 0.29) is 11.0 Å². The molecule has 10 heteroatoms. The van der Waals surface area contributed by atoms with Gasteiger partial charge in [0.1, 0.15) is 0 Å². The van der Waals surface area contributed by atoms with Crippen LogP contribution in [0.15, 0.2) is 0 Å². The van der Waals surface area contributed by atoms with Crippen LogP contribution >= 0.6 is 24.0 Å². The summed E-state index contributed by atoms with van der Waals surface area (Å²) in [5.41, 5.74) is -2.11. The number of methoxy groups -OCH3 is 3. The van der Waals surface area contributed by atoms with Crippen molar-refractivity contribution in [1.82, 2.24) is 0 Å². The van der Waals surface area contributed by atoms with E-state index in [1.54, 1.807) is 6.92 Å². The zero-order chi connectivity index (χ0) is 18.0. The summed E-state index contributed by atoms with van der Waals surface area (Å²) in [5, 5.41) is -0.862. The van der Waals surface area contributed by atoms with E-state index in [9.17, 15) is 19.2 Å². The fourth-order valence-corrected chi connectivity index (χ4v) is 2.68. The van der Waals surface area contributed by atoms with Crippen molar-refractivity contribution < 1.29 is 38.1 Å². The van der Waals surface area contributed by atoms with Crippen LogP contribution in [0.4, 0.5) is 0 Å². The van der Waals surface area contributed by atoms with Crippen LogP contribution in [0.1, 0.15) is 19.8 Å². The number of hydrogen-bond acceptors (Lipinski definition) is 10. The maximum absolute atomic E-state index is 12.5. The van der Waals surface area contributed by atoms with E-state index in [2.05, 4.69) is 14.2 Å². The van der Waals surface area contributed by atoms with Gasteiger partial charge in [0, 0.05) is 0 Å². The van der Waals surface area contributed by atoms with Crippen molar-refractivity contribution in [3.63, 3.8) is 0 Å². The number of ether oxygens (including phenoxy) is 4. The molecular formula is C13H18O8S2. The first-order chi connectivity index (χ1) is 10.8. The predicted molar refractivity (Wildman–Crippen MR) is 84.5 cm³/mol. The van der Waals surface area contributed by atoms with Crippen LogP contribution in [0.3, 0.4) is 0 Å². The van der Waals surface area contributed by atoms with Crippen molar-refractivity contribution in [3.05, 3.63) is 0 Å². The molecule has 0 amide bonds. The maximum Gasteiger partial charge on any atom is 0.321 e. The highest BCUT2D eigenvalue weighted by atomic mass is 32.2. The average Bonchev–Trinajstić information content (AvgIpc) is 2.52. The maximum atomic E-state index is 12.5. The highest BCUT2D eigenvalue weighted by molar-refractivity contribution is 8.32. The third kappa shape index (κ3) is 6.14. The normalized spacial score (nSPS) is 10.4. The molecule has 130 valence electrons. The van der Waals surface area contributed by atoms with Crippen LogP contribution < -0.4 is 0 Å². The Morgan fingerprint density at radius 2 is 1.43 bits per heavy atom. The van der Waals surface area contributed by atoms with Gasteiger partial charge in [0.15, 0.2) is 5.41 Å². The van der Waals surface area contributed by atoms with Crippen LogP contribution in [0.2, 0.25) is 0 Å². The molecule has 0 spiro atoms. The average molecular weight is 366 g/mol. The molecule has 0 radical (unpaired) electrons. The Morgan fingerprint density at radius 1 is 0.957 bits per heavy atom. The van der Waals surface area contributed by atoms with Gasteiger partial charge >= 0.3 is 17.9 Å². The molecule has 0 heterocycles. The molecule has 0 rings (SSSR count). The minimum Gasteiger partial charge on any atom is -0.479 e. The number of carbonyl (C=O) groups is 4. The molecule has 0 aromatic heterocycles. The molecule has 0 aromatic carbocycles. The molecule has 0 fully saturated rings. The summed E-state index contributed by atoms with van der Waals surface area (Å²) in [4.78, 5) is 47.9. The summed E-state index contributed by atoms with van der Waals surface area (Å²) in [7, 11) is 3.21. The highest BCUT2D eigenvalue weighted by Crippen LogP contribution is 2.36. The van der Waals surface area contributed by atoms with Crippen molar-refractivity contribution >= 4 is 51.4 Å². The van der Waals surface area contributed by atoms with Gasteiger partial charge in [-0.2, -0.15) is 0 Å². The molecule has 0 aromatic rings. The fraction of sp³-hybridized carbons (Fsp3) is 0.615. The molecule has 0 saturated heterocycles. The van der Waals surface area contributed by atoms with Crippen molar-refractivity contribution in [3.8, 4) is 0 Å². The lowest BCUT2D eigenvalue weighted by Gasteiger charge is -2.26. The van der Waals surface area contributed by atoms with Gasteiger partial charge in [-0.15, -0.1) is 0 Å². The number of thiocarbonyl (C=S) groups is 1. The molecule has 0 unspecified atom stereocenters. The second-order valence-electron chi connectivity index (χ2n) is 4.15. The van der Waals surface area contributed by atoms with E-state index in [0.29, 0.717) is 11.8 Å². The van der Waals surface area contributed by atoms with E-state index >= 15 is 0 Å². The summed E-state index contributed by atoms with van der Waals surface area (Å²) >= 11 is 5.27. The van der Waals surface area contributed by atoms with Gasteiger partial charge in [-0.1, -0.05) is 0 Å². The summed E-state index contributed by atoms with van der Waals surface area (Å²) in [6.07, 6.45) is -1.38. The Hall–Kier alpha value is -1.68. The molecule has 0 aliphatic rings. The van der Waals surface area contributed by atoms with Crippen molar-refractivity contribution in [2.45, 2.75) is 19.8 Å². The van der Waals surface area contributed by atoms with Gasteiger partial charge in [0.25, 0.3) is 0 Å². The summed E-state index contributed by atoms with van der Waals surface area (Å²) in [6, 6.07) is 0. The molecule has 0 atom stereocenters. The fourth-order valence-electron chi connectivity index (χ4n) is 1.59. The third-order valence-corrected chi connectivity index (χ3v) is 3.98. The first-order valence-electron chi connectivity index (χ1n) is 6.38. The van der Waals surface area contributed by atoms with Crippen LogP contribution in [-0.2, 0) is 38.1 Å². The van der Waals surface area contributed by atoms with Crippen molar-refractivity contribution in [1.29, 1.82) is 0 Å². The lowest BCUT2D eigenvalue weighted by molar-refractivity contribution is -0.166. The predicted octanol–water partition coefficient (Wildman–Crippen LogP) is 0.853. The van der Waals surface area contributed by atoms with Gasteiger partial charge in [0.05, 0.1) is 40.8 Å². The Kier molecular flexibility index (Phi) is 9.42. The largest absolute Gasteiger partial charge is 0.479 e. The van der Waals surface area contributed by atoms with Gasteiger partial charge < -0.3 is 18.9 Å². The van der Waals surface area contributed by atoms with E-state index in [1.165, 1.54) is 0 Å². The van der Waals surface area contributed by atoms with Gasteiger partial charge in [0.2, 0.25) is 9.50 Å². The van der Waals surface area contributed by atoms with Crippen LogP contribution in [0, 0.1) is 5.41 Å². The number of rotatable bonds is 7. The topological polar surface area (TPSA) is 105 Å². The molecule has 0 aliphatic heterocycles. The molecular weight excluding hydrogens is 348 g/mol. The summed E-state index contributed by atoms with van der Waals surface area (Å²) < 4.78 is 18.4. The summed E-state index contributed by atoms with van der Waals surface area (Å²) in [5.74, 6) is -2.80. The number of hydrogen-bond donors (Lipinski definition) is 0. The minimum atomic E-state index is -2.11. The van der Waals surface area contributed by atoms with Crippen molar-refractivity contribution in [2.75, 3.05) is 27.9 Å². The first-order valence-corrected chi connectivity index (χ1v) is 7.60. The van der Waals surface area contributed by atoms with Crippen molar-refractivity contribution in [2.24, 2.45) is 5.41 Å². The van der Waals surface area contributed by atoms with E-state index in [4.69, 9.17) is 17.0 Å². The van der Waals surface area contributed by atoms with Crippen LogP contribution in [0.5, 0.6) is 0 Å². The number of thioether (sulfide) groups is 1. The number of esters is 3. The third-order valence-electron chi connectivity index (χ3n) is 2.75. The summed E-state index contributed by atoms with van der Waals surface area (Å²) in [6.45, 7) is 1.88. The highest BCUT2D eigenvalue weighted by Gasteiger charge is 2.51. The molecule has 0 saturated carbocycles. The standard InChI is InChI=1S/C13H18O8S2/c1-5-21-12(22)23-11(17)13(10(16)20-4,6-8(14)18-2)7-9(15)19-3/h5-7H2,1-4H3. The second kappa shape index (κ2) is 10.2. The smallest absolute Gasteiger partial charge is 0.321 e. The minimum absolute atomic E-state index is 0.138. The zero-order valence-corrected chi connectivity index (χ0v) is 14.8. The molecule has 8 nitrogen and oxygen atoms in total. The monoisotopic (exact) mass is 366 g/mol. The molecule has 0 bridgehead atoms. The van der Waals surface area contributed by atoms with E-state index in [0.717, 1.165) is 21.3 Å². The van der Waals surface area contributed by atoms with E-state index in [1.807, 2.05) is 0 Å². The van der Waals surface area contributed by atoms with Gasteiger partial charge in [-0.25, -0.2) is 0 Å². The lowest BCUT2D eigenvalue weighted by Crippen LogP contribution is -2.43. The van der Waals surface area contributed by atoms with Crippen LogP contribution in [0.25, 0.3) is 0 Å². The molecule has 23 heavy (non-hydrogen) atoms. The zero-order valence-electron chi connectivity index (χ0n) is 13.2. The van der Waals surface area contributed by atoms with E-state index < -0.39 is 41.3 Å². The Labute approximate surface area is 143 Å².